The second-order valence-electron chi connectivity index (χ2n) is 2.40. The zero-order chi connectivity index (χ0) is 10.9. The summed E-state index contributed by atoms with van der Waals surface area (Å²) in [5.41, 5.74) is 3.10. The fourth-order valence-electron chi connectivity index (χ4n) is 0.861. The summed E-state index contributed by atoms with van der Waals surface area (Å²) in [6.07, 6.45) is 0. The molecule has 0 heterocycles. The van der Waals surface area contributed by atoms with Gasteiger partial charge in [0.05, 0.1) is 15.9 Å². The predicted octanol–water partition coefficient (Wildman–Crippen LogP) is 0.159. The summed E-state index contributed by atoms with van der Waals surface area (Å²) < 4.78 is 0. The first-order valence-electron chi connectivity index (χ1n) is 3.33. The number of nitrogen functional groups attached to an aromatic ring is 1. The number of nitro benzene ring substituents is 2. The number of hydrogen-bond acceptors (Lipinski definition) is 6. The van der Waals surface area contributed by atoms with E-state index in [-0.39, 0.29) is 0 Å². The number of nitrogens with zero attached hydrogens (tertiary/aromatic N) is 2. The molecule has 0 saturated heterocycles. The van der Waals surface area contributed by atoms with E-state index in [2.05, 4.69) is 0 Å². The monoisotopic (exact) mass is 198 g/mol. The molecule has 0 amide bonds. The Kier molecular flexibility index (Phi) is 2.19. The fourth-order valence-corrected chi connectivity index (χ4v) is 0.861. The van der Waals surface area contributed by atoms with Gasteiger partial charge in [-0.15, -0.1) is 0 Å². The Morgan fingerprint density at radius 2 is 1.71 bits per heavy atom. The normalized spacial score (nSPS) is 9.71. The molecule has 14 heavy (non-hydrogen) atoms. The Morgan fingerprint density at radius 3 is 2.14 bits per heavy atom. The molecule has 8 nitrogen and oxygen atoms in total. The van der Waals surface area contributed by atoms with Crippen LogP contribution in [0.5, 0.6) is 5.75 Å². The van der Waals surface area contributed by atoms with E-state index in [0.717, 1.165) is 6.07 Å². The van der Waals surface area contributed by atoms with Crippen molar-refractivity contribution in [3.05, 3.63) is 32.4 Å². The lowest BCUT2D eigenvalue weighted by atomic mass is 10.2. The third-order valence-electron chi connectivity index (χ3n) is 1.49. The van der Waals surface area contributed by atoms with Gasteiger partial charge in [0, 0.05) is 11.8 Å². The molecule has 0 aliphatic heterocycles. The standard InChI is InChI=1S/C6H5N3O5/c7-4-1-3(8(11)12)2-5(6(4)10)9(13)14/h1-2,10H,7H2/p-1. The second-order valence-corrected chi connectivity index (χ2v) is 2.40. The maximum atomic E-state index is 11.0. The number of rotatable bonds is 2. The molecule has 1 rings (SSSR count). The van der Waals surface area contributed by atoms with Crippen molar-refractivity contribution in [1.82, 2.24) is 0 Å². The Balaban J connectivity index is 3.43. The molecule has 0 aliphatic rings. The van der Waals surface area contributed by atoms with Crippen LogP contribution in [0, 0.1) is 20.2 Å². The van der Waals surface area contributed by atoms with Crippen LogP contribution in [0.1, 0.15) is 0 Å². The third kappa shape index (κ3) is 1.53. The molecular weight excluding hydrogens is 194 g/mol. The molecule has 1 aromatic carbocycles. The van der Waals surface area contributed by atoms with Crippen LogP contribution < -0.4 is 10.8 Å². The average Bonchev–Trinajstić information content (AvgIpc) is 2.08. The largest absolute Gasteiger partial charge is 0.866 e. The van der Waals surface area contributed by atoms with Gasteiger partial charge in [-0.25, -0.2) is 0 Å². The van der Waals surface area contributed by atoms with Crippen molar-refractivity contribution in [3.8, 4) is 5.75 Å². The first-order chi connectivity index (χ1) is 6.43. The first kappa shape index (κ1) is 9.71. The smallest absolute Gasteiger partial charge is 0.278 e. The highest BCUT2D eigenvalue weighted by Crippen LogP contribution is 2.33. The van der Waals surface area contributed by atoms with E-state index in [1.807, 2.05) is 0 Å². The quantitative estimate of drug-likeness (QED) is 0.408. The highest BCUT2D eigenvalue weighted by atomic mass is 16.6. The Labute approximate surface area is 76.9 Å². The molecule has 2 N–H and O–H groups in total. The number of nitro groups is 2. The van der Waals surface area contributed by atoms with E-state index in [1.165, 1.54) is 0 Å². The number of anilines is 1. The lowest BCUT2D eigenvalue weighted by Gasteiger charge is -2.08. The van der Waals surface area contributed by atoms with Crippen molar-refractivity contribution < 1.29 is 15.0 Å². The highest BCUT2D eigenvalue weighted by Gasteiger charge is 2.17. The Bertz CT molecular complexity index is 416. The van der Waals surface area contributed by atoms with Crippen LogP contribution >= 0.6 is 0 Å². The molecule has 0 aromatic heterocycles. The highest BCUT2D eigenvalue weighted by molar-refractivity contribution is 5.67. The summed E-state index contributed by atoms with van der Waals surface area (Å²) in [6, 6.07) is 1.37. The zero-order valence-corrected chi connectivity index (χ0v) is 6.67. The number of non-ortho nitro benzene ring substituents is 1. The predicted molar refractivity (Wildman–Crippen MR) is 43.6 cm³/mol. The molecule has 0 atom stereocenters. The summed E-state index contributed by atoms with van der Waals surface area (Å²) in [6.45, 7) is 0. The molecule has 0 fully saturated rings. The van der Waals surface area contributed by atoms with E-state index in [9.17, 15) is 25.3 Å². The minimum atomic E-state index is -1.01. The van der Waals surface area contributed by atoms with Gasteiger partial charge in [0.2, 0.25) is 0 Å². The maximum absolute atomic E-state index is 11.0. The molecule has 0 spiro atoms. The number of benzene rings is 1. The second kappa shape index (κ2) is 3.17. The fraction of sp³-hybridized carbons (Fsp3) is 0. The van der Waals surface area contributed by atoms with Crippen LogP contribution in [0.25, 0.3) is 0 Å². The topological polar surface area (TPSA) is 135 Å². The van der Waals surface area contributed by atoms with Crippen molar-refractivity contribution in [2.24, 2.45) is 0 Å². The van der Waals surface area contributed by atoms with Gasteiger partial charge in [0.1, 0.15) is 0 Å². The maximum Gasteiger partial charge on any atom is 0.278 e. The van der Waals surface area contributed by atoms with Gasteiger partial charge in [0.25, 0.3) is 11.4 Å². The van der Waals surface area contributed by atoms with Crippen molar-refractivity contribution >= 4 is 17.1 Å². The Morgan fingerprint density at radius 1 is 1.14 bits per heavy atom. The van der Waals surface area contributed by atoms with Crippen molar-refractivity contribution in [3.63, 3.8) is 0 Å². The number of hydrogen-bond donors (Lipinski definition) is 1. The van der Waals surface area contributed by atoms with Crippen LogP contribution in [0.4, 0.5) is 17.1 Å². The van der Waals surface area contributed by atoms with Crippen molar-refractivity contribution in [2.75, 3.05) is 5.73 Å². The molecule has 8 heteroatoms. The molecule has 0 unspecified atom stereocenters. The molecule has 0 aliphatic carbocycles. The van der Waals surface area contributed by atoms with E-state index in [1.54, 1.807) is 0 Å². The van der Waals surface area contributed by atoms with Gasteiger partial charge in [-0.3, -0.25) is 20.2 Å². The van der Waals surface area contributed by atoms with E-state index >= 15 is 0 Å². The van der Waals surface area contributed by atoms with Crippen LogP contribution in [-0.4, -0.2) is 9.85 Å². The van der Waals surface area contributed by atoms with Crippen molar-refractivity contribution in [2.45, 2.75) is 0 Å². The van der Waals surface area contributed by atoms with E-state index < -0.39 is 32.7 Å². The number of nitrogens with two attached hydrogens (primary N) is 1. The SMILES string of the molecule is Nc1cc([N+](=O)[O-])cc([N+](=O)[O-])c1[O-]. The minimum Gasteiger partial charge on any atom is -0.866 e. The Hall–Kier alpha value is -2.38. The van der Waals surface area contributed by atoms with Crippen molar-refractivity contribution in [1.29, 1.82) is 0 Å². The summed E-state index contributed by atoms with van der Waals surface area (Å²) in [5.74, 6) is -1.01. The first-order valence-corrected chi connectivity index (χ1v) is 3.33. The lowest BCUT2D eigenvalue weighted by molar-refractivity contribution is -0.403. The van der Waals surface area contributed by atoms with Crippen LogP contribution in [0.3, 0.4) is 0 Å². The van der Waals surface area contributed by atoms with Crippen LogP contribution in [0.2, 0.25) is 0 Å². The minimum absolute atomic E-state index is 0.508. The molecule has 0 bridgehead atoms. The van der Waals surface area contributed by atoms with Gasteiger partial charge in [0.15, 0.2) is 0 Å². The van der Waals surface area contributed by atoms with Gasteiger partial charge >= 0.3 is 0 Å². The summed E-state index contributed by atoms with van der Waals surface area (Å²) in [7, 11) is 0. The zero-order valence-electron chi connectivity index (χ0n) is 6.67. The molecule has 0 saturated carbocycles. The van der Waals surface area contributed by atoms with Gasteiger partial charge < -0.3 is 10.8 Å². The average molecular weight is 198 g/mol. The van der Waals surface area contributed by atoms with Gasteiger partial charge in [-0.05, 0) is 5.75 Å². The van der Waals surface area contributed by atoms with E-state index in [4.69, 9.17) is 5.73 Å². The molecule has 1 aromatic rings. The summed E-state index contributed by atoms with van der Waals surface area (Å²) in [5, 5.41) is 31.5. The van der Waals surface area contributed by atoms with Gasteiger partial charge in [-0.2, -0.15) is 0 Å². The summed E-state index contributed by atoms with van der Waals surface area (Å²) >= 11 is 0. The molecule has 74 valence electrons. The lowest BCUT2D eigenvalue weighted by Crippen LogP contribution is -2.03. The third-order valence-corrected chi connectivity index (χ3v) is 1.49. The van der Waals surface area contributed by atoms with E-state index in [0.29, 0.717) is 6.07 Å². The molecule has 0 radical (unpaired) electrons. The molecular formula is C6H4N3O5-. The van der Waals surface area contributed by atoms with Crippen LogP contribution in [-0.2, 0) is 0 Å². The van der Waals surface area contributed by atoms with Crippen LogP contribution in [0.15, 0.2) is 12.1 Å². The van der Waals surface area contributed by atoms with Gasteiger partial charge in [-0.1, -0.05) is 0 Å². The summed E-state index contributed by atoms with van der Waals surface area (Å²) in [4.78, 5) is 18.7.